The van der Waals surface area contributed by atoms with E-state index in [4.69, 9.17) is 28.4 Å². The molecule has 0 bridgehead atoms. The predicted molar refractivity (Wildman–Crippen MR) is 166 cm³/mol. The van der Waals surface area contributed by atoms with Gasteiger partial charge < -0.3 is 28.4 Å². The molecule has 0 aliphatic carbocycles. The van der Waals surface area contributed by atoms with Gasteiger partial charge in [0.15, 0.2) is 0 Å². The summed E-state index contributed by atoms with van der Waals surface area (Å²) in [7, 11) is 0. The molecule has 43 heavy (non-hydrogen) atoms. The molecule has 0 unspecified atom stereocenters. The molecule has 0 aromatic heterocycles. The van der Waals surface area contributed by atoms with Gasteiger partial charge in [0.1, 0.15) is 24.4 Å². The molecule has 0 spiro atoms. The minimum absolute atomic E-state index is 0.279. The summed E-state index contributed by atoms with van der Waals surface area (Å²) in [6.07, 6.45) is -2.91. The number of rotatable bonds is 15. The van der Waals surface area contributed by atoms with Crippen molar-refractivity contribution in [1.82, 2.24) is 0 Å². The Hall–Kier alpha value is -3.78. The maximum Gasteiger partial charge on any atom is 0.228 e. The molecule has 0 saturated carbocycles. The zero-order valence-electron chi connectivity index (χ0n) is 24.6. The number of benzene rings is 4. The molecule has 5 rings (SSSR count). The standard InChI is InChI=1S/C37H40O6/c1-28(2)42-37-36(41-26-32-21-13-6-14-22-32)35(40-25-31-19-11-5-12-20-31)34(39-24-30-17-9-4-10-18-30)33(43-37)27-38-23-29-15-7-3-8-16-29/h3-22,33-37H,1,23-27H2,2H3/t33-,34-,35+,36-,37-/m1/s1. The molecule has 4 aromatic rings. The van der Waals surface area contributed by atoms with Crippen molar-refractivity contribution in [2.24, 2.45) is 0 Å². The number of allylic oxidation sites excluding steroid dienone is 1. The minimum Gasteiger partial charge on any atom is -0.467 e. The Kier molecular flexibility index (Phi) is 11.5. The molecule has 0 N–H and O–H groups in total. The van der Waals surface area contributed by atoms with Crippen molar-refractivity contribution in [3.8, 4) is 0 Å². The number of ether oxygens (including phenoxy) is 6. The van der Waals surface area contributed by atoms with Gasteiger partial charge in [-0.05, 0) is 29.2 Å². The smallest absolute Gasteiger partial charge is 0.228 e. The summed E-state index contributed by atoms with van der Waals surface area (Å²) in [6, 6.07) is 40.3. The van der Waals surface area contributed by atoms with Gasteiger partial charge in [0.05, 0.1) is 38.8 Å². The van der Waals surface area contributed by atoms with Gasteiger partial charge in [-0.3, -0.25) is 0 Å². The van der Waals surface area contributed by atoms with E-state index in [-0.39, 0.29) is 6.61 Å². The minimum atomic E-state index is -0.774. The Morgan fingerprint density at radius 3 is 1.40 bits per heavy atom. The van der Waals surface area contributed by atoms with Crippen LogP contribution in [-0.2, 0) is 54.8 Å². The summed E-state index contributed by atoms with van der Waals surface area (Å²) in [5.74, 6) is 0.521. The first kappa shape index (κ1) is 30.7. The molecule has 0 amide bonds. The fourth-order valence-corrected chi connectivity index (χ4v) is 5.04. The lowest BCUT2D eigenvalue weighted by atomic mass is 9.97. The van der Waals surface area contributed by atoms with E-state index in [0.29, 0.717) is 32.2 Å². The Labute approximate surface area is 254 Å². The van der Waals surface area contributed by atoms with E-state index in [1.165, 1.54) is 0 Å². The Bertz CT molecular complexity index is 1350. The molecule has 6 heteroatoms. The molecule has 6 nitrogen and oxygen atoms in total. The van der Waals surface area contributed by atoms with E-state index in [0.717, 1.165) is 22.3 Å². The lowest BCUT2D eigenvalue weighted by Gasteiger charge is -2.45. The molecule has 1 aliphatic rings. The fourth-order valence-electron chi connectivity index (χ4n) is 5.04. The van der Waals surface area contributed by atoms with E-state index in [2.05, 4.69) is 6.58 Å². The predicted octanol–water partition coefficient (Wildman–Crippen LogP) is 7.23. The lowest BCUT2D eigenvalue weighted by Crippen LogP contribution is -2.61. The third-order valence-electron chi connectivity index (χ3n) is 7.16. The Balaban J connectivity index is 1.42. The molecule has 0 radical (unpaired) electrons. The van der Waals surface area contributed by atoms with E-state index in [1.54, 1.807) is 6.92 Å². The average molecular weight is 581 g/mol. The maximum absolute atomic E-state index is 6.68. The first-order chi connectivity index (χ1) is 21.2. The van der Waals surface area contributed by atoms with Crippen molar-refractivity contribution >= 4 is 0 Å². The second-order valence-corrected chi connectivity index (χ2v) is 10.6. The van der Waals surface area contributed by atoms with Gasteiger partial charge in [-0.2, -0.15) is 0 Å². The molecule has 224 valence electrons. The van der Waals surface area contributed by atoms with Crippen molar-refractivity contribution in [3.05, 3.63) is 156 Å². The van der Waals surface area contributed by atoms with E-state index in [1.807, 2.05) is 121 Å². The van der Waals surface area contributed by atoms with Crippen molar-refractivity contribution in [2.75, 3.05) is 6.61 Å². The number of hydrogen-bond acceptors (Lipinski definition) is 6. The Morgan fingerprint density at radius 2 is 0.953 bits per heavy atom. The van der Waals surface area contributed by atoms with Crippen molar-refractivity contribution in [1.29, 1.82) is 0 Å². The Morgan fingerprint density at radius 1 is 0.558 bits per heavy atom. The molecular formula is C37H40O6. The summed E-state index contributed by atoms with van der Waals surface area (Å²) in [4.78, 5) is 0. The molecule has 1 saturated heterocycles. The van der Waals surface area contributed by atoms with Crippen LogP contribution in [0, 0.1) is 0 Å². The van der Waals surface area contributed by atoms with Crippen molar-refractivity contribution in [2.45, 2.75) is 64.1 Å². The van der Waals surface area contributed by atoms with E-state index >= 15 is 0 Å². The lowest BCUT2D eigenvalue weighted by molar-refractivity contribution is -0.320. The average Bonchev–Trinajstić information content (AvgIpc) is 3.04. The topological polar surface area (TPSA) is 55.4 Å². The summed E-state index contributed by atoms with van der Waals surface area (Å²) < 4.78 is 38.8. The van der Waals surface area contributed by atoms with Gasteiger partial charge in [0, 0.05) is 0 Å². The second kappa shape index (κ2) is 16.2. The van der Waals surface area contributed by atoms with E-state index in [9.17, 15) is 0 Å². The monoisotopic (exact) mass is 580 g/mol. The van der Waals surface area contributed by atoms with Crippen LogP contribution in [0.5, 0.6) is 0 Å². The van der Waals surface area contributed by atoms with Crippen molar-refractivity contribution < 1.29 is 28.4 Å². The van der Waals surface area contributed by atoms with Crippen LogP contribution in [-0.4, -0.2) is 37.3 Å². The third-order valence-corrected chi connectivity index (χ3v) is 7.16. The van der Waals surface area contributed by atoms with Gasteiger partial charge >= 0.3 is 0 Å². The van der Waals surface area contributed by atoms with Crippen LogP contribution in [0.15, 0.2) is 134 Å². The van der Waals surface area contributed by atoms with Crippen LogP contribution < -0.4 is 0 Å². The molecule has 4 aromatic carbocycles. The van der Waals surface area contributed by atoms with Gasteiger partial charge in [-0.25, -0.2) is 0 Å². The maximum atomic E-state index is 6.68. The quantitative estimate of drug-likeness (QED) is 0.138. The highest BCUT2D eigenvalue weighted by Gasteiger charge is 2.49. The second-order valence-electron chi connectivity index (χ2n) is 10.6. The SMILES string of the molecule is C=C(C)O[C@@H]1O[C@H](COCc2ccccc2)[C@@H](OCc2ccccc2)[C@H](OCc2ccccc2)[C@H]1OCc1ccccc1. The zero-order valence-corrected chi connectivity index (χ0v) is 24.6. The first-order valence-electron chi connectivity index (χ1n) is 14.7. The largest absolute Gasteiger partial charge is 0.467 e. The highest BCUT2D eigenvalue weighted by Crippen LogP contribution is 2.32. The van der Waals surface area contributed by atoms with Crippen LogP contribution in [0.2, 0.25) is 0 Å². The zero-order chi connectivity index (χ0) is 29.7. The summed E-state index contributed by atoms with van der Waals surface area (Å²) >= 11 is 0. The molecular weight excluding hydrogens is 540 g/mol. The van der Waals surface area contributed by atoms with Gasteiger partial charge in [-0.15, -0.1) is 0 Å². The van der Waals surface area contributed by atoms with Gasteiger partial charge in [0.25, 0.3) is 0 Å². The van der Waals surface area contributed by atoms with E-state index < -0.39 is 30.7 Å². The highest BCUT2D eigenvalue weighted by molar-refractivity contribution is 5.16. The summed E-state index contributed by atoms with van der Waals surface area (Å²) in [5, 5.41) is 0. The summed E-state index contributed by atoms with van der Waals surface area (Å²) in [5.41, 5.74) is 4.21. The van der Waals surface area contributed by atoms with Crippen LogP contribution in [0.1, 0.15) is 29.2 Å². The van der Waals surface area contributed by atoms with Gasteiger partial charge in [-0.1, -0.05) is 128 Å². The van der Waals surface area contributed by atoms with Crippen LogP contribution in [0.4, 0.5) is 0 Å². The molecule has 1 fully saturated rings. The normalized spacial score (nSPS) is 21.7. The number of hydrogen-bond donors (Lipinski definition) is 0. The third kappa shape index (κ3) is 9.35. The highest BCUT2D eigenvalue weighted by atomic mass is 16.7. The first-order valence-corrected chi connectivity index (χ1v) is 14.7. The summed E-state index contributed by atoms with van der Waals surface area (Å²) in [6.45, 7) is 7.62. The van der Waals surface area contributed by atoms with Crippen LogP contribution in [0.25, 0.3) is 0 Å². The molecule has 5 atom stereocenters. The van der Waals surface area contributed by atoms with Gasteiger partial charge in [0.2, 0.25) is 6.29 Å². The molecule has 1 heterocycles. The van der Waals surface area contributed by atoms with Crippen molar-refractivity contribution in [3.63, 3.8) is 0 Å². The van der Waals surface area contributed by atoms with Crippen LogP contribution >= 0.6 is 0 Å². The fraction of sp³-hybridized carbons (Fsp3) is 0.297. The van der Waals surface area contributed by atoms with Crippen LogP contribution in [0.3, 0.4) is 0 Å². The molecule has 1 aliphatic heterocycles.